The maximum Gasteiger partial charge on any atom is 0.165 e. The highest BCUT2D eigenvalue weighted by Gasteiger charge is 2.11. The van der Waals surface area contributed by atoms with Crippen LogP contribution < -0.4 is 10.6 Å². The first-order valence-electron chi connectivity index (χ1n) is 8.13. The Labute approximate surface area is 147 Å². The molecule has 5 heteroatoms. The van der Waals surface area contributed by atoms with Crippen molar-refractivity contribution in [2.45, 2.75) is 19.9 Å². The standard InChI is InChI=1S/C20H19N5/c1-14(2)22-18-12-19(23-16-9-4-3-5-10-16)25-20(24-18)17-11-7-6-8-15(17)13-21/h3-12,14H,1-2H3,(H2,22,23,24,25). The summed E-state index contributed by atoms with van der Waals surface area (Å²) in [6.45, 7) is 4.10. The largest absolute Gasteiger partial charge is 0.368 e. The Kier molecular flexibility index (Phi) is 4.91. The summed E-state index contributed by atoms with van der Waals surface area (Å²) in [6, 6.07) is 21.5. The summed E-state index contributed by atoms with van der Waals surface area (Å²) in [4.78, 5) is 9.18. The van der Waals surface area contributed by atoms with Gasteiger partial charge in [0.2, 0.25) is 0 Å². The van der Waals surface area contributed by atoms with Crippen molar-refractivity contribution < 1.29 is 0 Å². The first kappa shape index (κ1) is 16.5. The quantitative estimate of drug-likeness (QED) is 0.717. The number of benzene rings is 2. The van der Waals surface area contributed by atoms with Gasteiger partial charge >= 0.3 is 0 Å². The van der Waals surface area contributed by atoms with Crippen LogP contribution in [0, 0.1) is 11.3 Å². The molecule has 0 saturated carbocycles. The van der Waals surface area contributed by atoms with Gasteiger partial charge in [0.15, 0.2) is 5.82 Å². The summed E-state index contributed by atoms with van der Waals surface area (Å²) in [6.07, 6.45) is 0. The molecule has 0 aliphatic carbocycles. The minimum atomic E-state index is 0.235. The van der Waals surface area contributed by atoms with Crippen molar-refractivity contribution in [1.29, 1.82) is 5.26 Å². The molecule has 0 aliphatic heterocycles. The highest BCUT2D eigenvalue weighted by molar-refractivity contribution is 5.69. The summed E-state index contributed by atoms with van der Waals surface area (Å²) >= 11 is 0. The number of anilines is 3. The van der Waals surface area contributed by atoms with Gasteiger partial charge < -0.3 is 10.6 Å². The molecule has 5 nitrogen and oxygen atoms in total. The molecule has 0 bridgehead atoms. The van der Waals surface area contributed by atoms with Crippen LogP contribution in [-0.2, 0) is 0 Å². The third-order valence-corrected chi connectivity index (χ3v) is 3.50. The third kappa shape index (κ3) is 4.12. The predicted octanol–water partition coefficient (Wildman–Crippen LogP) is 4.58. The smallest absolute Gasteiger partial charge is 0.165 e. The number of nitrogens with zero attached hydrogens (tertiary/aromatic N) is 3. The van der Waals surface area contributed by atoms with Crippen LogP contribution in [0.1, 0.15) is 19.4 Å². The van der Waals surface area contributed by atoms with Gasteiger partial charge in [-0.05, 0) is 38.1 Å². The number of nitrogens with one attached hydrogen (secondary N) is 2. The average molecular weight is 329 g/mol. The number of hydrogen-bond donors (Lipinski definition) is 2. The average Bonchev–Trinajstić information content (AvgIpc) is 2.61. The number of rotatable bonds is 5. The van der Waals surface area contributed by atoms with Crippen LogP contribution >= 0.6 is 0 Å². The molecule has 0 aliphatic rings. The highest BCUT2D eigenvalue weighted by Crippen LogP contribution is 2.25. The summed E-state index contributed by atoms with van der Waals surface area (Å²) in [5.74, 6) is 1.90. The summed E-state index contributed by atoms with van der Waals surface area (Å²) in [5.41, 5.74) is 2.21. The van der Waals surface area contributed by atoms with Crippen molar-refractivity contribution in [3.63, 3.8) is 0 Å². The van der Waals surface area contributed by atoms with Crippen LogP contribution in [0.3, 0.4) is 0 Å². The Morgan fingerprint density at radius 2 is 1.60 bits per heavy atom. The number of hydrogen-bond acceptors (Lipinski definition) is 5. The summed E-state index contributed by atoms with van der Waals surface area (Å²) in [5, 5.41) is 16.0. The molecule has 1 heterocycles. The van der Waals surface area contributed by atoms with Gasteiger partial charge in [-0.2, -0.15) is 5.26 Å². The molecular formula is C20H19N5. The molecule has 0 unspecified atom stereocenters. The number of para-hydroxylation sites is 1. The third-order valence-electron chi connectivity index (χ3n) is 3.50. The topological polar surface area (TPSA) is 73.6 Å². The SMILES string of the molecule is CC(C)Nc1cc(Nc2ccccc2)nc(-c2ccccc2C#N)n1. The molecule has 1 aromatic heterocycles. The van der Waals surface area contributed by atoms with Crippen LogP contribution in [0.5, 0.6) is 0 Å². The van der Waals surface area contributed by atoms with Gasteiger partial charge in [0.25, 0.3) is 0 Å². The first-order valence-corrected chi connectivity index (χ1v) is 8.13. The zero-order chi connectivity index (χ0) is 17.6. The van der Waals surface area contributed by atoms with E-state index >= 15 is 0 Å². The molecule has 0 atom stereocenters. The van der Waals surface area contributed by atoms with Crippen molar-refractivity contribution in [2.24, 2.45) is 0 Å². The molecule has 0 fully saturated rings. The van der Waals surface area contributed by atoms with E-state index in [0.29, 0.717) is 28.6 Å². The molecule has 0 radical (unpaired) electrons. The Morgan fingerprint density at radius 1 is 0.920 bits per heavy atom. The molecule has 0 amide bonds. The van der Waals surface area contributed by atoms with E-state index in [9.17, 15) is 5.26 Å². The number of nitriles is 1. The molecule has 2 aromatic carbocycles. The second-order valence-electron chi connectivity index (χ2n) is 5.91. The molecule has 0 spiro atoms. The molecular weight excluding hydrogens is 310 g/mol. The van der Waals surface area contributed by atoms with Crippen LogP contribution in [-0.4, -0.2) is 16.0 Å². The lowest BCUT2D eigenvalue weighted by atomic mass is 10.1. The monoisotopic (exact) mass is 329 g/mol. The lowest BCUT2D eigenvalue weighted by Crippen LogP contribution is -2.12. The van der Waals surface area contributed by atoms with Crippen molar-refractivity contribution in [3.8, 4) is 17.5 Å². The van der Waals surface area contributed by atoms with Crippen LogP contribution in [0.2, 0.25) is 0 Å². The van der Waals surface area contributed by atoms with Crippen molar-refractivity contribution in [2.75, 3.05) is 10.6 Å². The molecule has 124 valence electrons. The van der Waals surface area contributed by atoms with Crippen molar-refractivity contribution >= 4 is 17.3 Å². The molecule has 0 saturated heterocycles. The minimum Gasteiger partial charge on any atom is -0.368 e. The van der Waals surface area contributed by atoms with E-state index in [0.717, 1.165) is 5.69 Å². The van der Waals surface area contributed by atoms with E-state index in [1.807, 2.05) is 54.6 Å². The van der Waals surface area contributed by atoms with Gasteiger partial charge in [0.05, 0.1) is 11.6 Å². The molecule has 3 aromatic rings. The Bertz CT molecular complexity index is 897. The maximum absolute atomic E-state index is 9.36. The second-order valence-corrected chi connectivity index (χ2v) is 5.91. The van der Waals surface area contributed by atoms with Gasteiger partial charge in [0, 0.05) is 23.4 Å². The predicted molar refractivity (Wildman–Crippen MR) is 101 cm³/mol. The first-order chi connectivity index (χ1) is 12.2. The normalized spacial score (nSPS) is 10.3. The van der Waals surface area contributed by atoms with Gasteiger partial charge in [0.1, 0.15) is 11.6 Å². The maximum atomic E-state index is 9.36. The van der Waals surface area contributed by atoms with E-state index in [4.69, 9.17) is 0 Å². The Balaban J connectivity index is 2.05. The van der Waals surface area contributed by atoms with E-state index in [1.165, 1.54) is 0 Å². The molecule has 3 rings (SSSR count). The van der Waals surface area contributed by atoms with Crippen LogP contribution in [0.25, 0.3) is 11.4 Å². The van der Waals surface area contributed by atoms with Crippen LogP contribution in [0.4, 0.5) is 17.3 Å². The van der Waals surface area contributed by atoms with Gasteiger partial charge in [-0.3, -0.25) is 0 Å². The van der Waals surface area contributed by atoms with Crippen molar-refractivity contribution in [1.82, 2.24) is 9.97 Å². The van der Waals surface area contributed by atoms with Gasteiger partial charge in [-0.15, -0.1) is 0 Å². The molecule has 25 heavy (non-hydrogen) atoms. The lowest BCUT2D eigenvalue weighted by Gasteiger charge is -2.14. The second kappa shape index (κ2) is 7.45. The Hall–Kier alpha value is -3.39. The van der Waals surface area contributed by atoms with E-state index in [2.05, 4.69) is 40.5 Å². The molecule has 2 N–H and O–H groups in total. The van der Waals surface area contributed by atoms with Gasteiger partial charge in [-0.1, -0.05) is 30.3 Å². The van der Waals surface area contributed by atoms with Gasteiger partial charge in [-0.25, -0.2) is 9.97 Å². The fourth-order valence-corrected chi connectivity index (χ4v) is 2.45. The van der Waals surface area contributed by atoms with E-state index in [1.54, 1.807) is 6.07 Å². The Morgan fingerprint density at radius 3 is 2.32 bits per heavy atom. The summed E-state index contributed by atoms with van der Waals surface area (Å²) in [7, 11) is 0. The zero-order valence-electron chi connectivity index (χ0n) is 14.2. The highest BCUT2D eigenvalue weighted by atomic mass is 15.1. The lowest BCUT2D eigenvalue weighted by molar-refractivity contribution is 0.887. The van der Waals surface area contributed by atoms with E-state index in [-0.39, 0.29) is 6.04 Å². The fourth-order valence-electron chi connectivity index (χ4n) is 2.45. The summed E-state index contributed by atoms with van der Waals surface area (Å²) < 4.78 is 0. The zero-order valence-corrected chi connectivity index (χ0v) is 14.2. The fraction of sp³-hybridized carbons (Fsp3) is 0.150. The van der Waals surface area contributed by atoms with E-state index < -0.39 is 0 Å². The van der Waals surface area contributed by atoms with Crippen LogP contribution in [0.15, 0.2) is 60.7 Å². The van der Waals surface area contributed by atoms with Crippen molar-refractivity contribution in [3.05, 3.63) is 66.2 Å². The minimum absolute atomic E-state index is 0.235. The number of aromatic nitrogens is 2.